The Morgan fingerprint density at radius 2 is 1.42 bits per heavy atom. The van der Waals surface area contributed by atoms with E-state index in [0.717, 1.165) is 44.2 Å². The number of carbonyl (C=O) groups excluding carboxylic acids is 1. The van der Waals surface area contributed by atoms with Gasteiger partial charge in [-0.15, -0.1) is 0 Å². The first-order valence-electron chi connectivity index (χ1n) is 11.4. The predicted octanol–water partition coefficient (Wildman–Crippen LogP) is 5.99. The molecule has 2 atom stereocenters. The summed E-state index contributed by atoms with van der Waals surface area (Å²) in [5.41, 5.74) is 6.57. The number of benzene rings is 3. The van der Waals surface area contributed by atoms with Crippen LogP contribution in [0.3, 0.4) is 0 Å². The summed E-state index contributed by atoms with van der Waals surface area (Å²) in [6.07, 6.45) is 2.11. The molecule has 0 spiro atoms. The number of hydrogen-bond donors (Lipinski definition) is 1. The topological polar surface area (TPSA) is 39.0 Å². The molecule has 0 saturated heterocycles. The van der Waals surface area contributed by atoms with Crippen molar-refractivity contribution in [1.29, 1.82) is 0 Å². The molecule has 0 aliphatic rings. The highest BCUT2D eigenvalue weighted by atomic mass is 16.1. The van der Waals surface area contributed by atoms with Gasteiger partial charge in [-0.1, -0.05) is 66.7 Å². The molecule has 0 saturated carbocycles. The summed E-state index contributed by atoms with van der Waals surface area (Å²) in [7, 11) is 4.12. The number of rotatable bonds is 5. The van der Waals surface area contributed by atoms with Crippen LogP contribution in [-0.2, 0) is 18.9 Å². The van der Waals surface area contributed by atoms with Crippen LogP contribution < -0.4 is 5.32 Å². The summed E-state index contributed by atoms with van der Waals surface area (Å²) in [4.78, 5) is 14.1. The van der Waals surface area contributed by atoms with Crippen molar-refractivity contribution in [1.82, 2.24) is 14.5 Å². The van der Waals surface area contributed by atoms with Gasteiger partial charge in [-0.3, -0.25) is 4.79 Å². The standard InChI is InChI=1S/C29H29N3O/c1-19(21-12-6-5-7-13-21)30-29(33)28(24-18-31(3)25-16-10-8-14-22(24)25)27-20(2)32(4)26-17-11-9-15-23(26)27/h5-19,28H,1-4H3,(H,30,33)/t19-,28?/m0/s1. The number of fused-ring (bicyclic) bond motifs is 2. The van der Waals surface area contributed by atoms with E-state index in [1.165, 1.54) is 0 Å². The molecule has 1 N–H and O–H groups in total. The van der Waals surface area contributed by atoms with Gasteiger partial charge in [0.05, 0.1) is 12.0 Å². The van der Waals surface area contributed by atoms with Gasteiger partial charge >= 0.3 is 0 Å². The minimum Gasteiger partial charge on any atom is -0.350 e. The third kappa shape index (κ3) is 3.52. The summed E-state index contributed by atoms with van der Waals surface area (Å²) in [5, 5.41) is 5.54. The minimum atomic E-state index is -0.423. The highest BCUT2D eigenvalue weighted by Crippen LogP contribution is 2.39. The van der Waals surface area contributed by atoms with Gasteiger partial charge in [0.15, 0.2) is 0 Å². The average molecular weight is 436 g/mol. The van der Waals surface area contributed by atoms with Crippen LogP contribution in [-0.4, -0.2) is 15.0 Å². The van der Waals surface area contributed by atoms with Gasteiger partial charge in [0.2, 0.25) is 5.91 Å². The van der Waals surface area contributed by atoms with Gasteiger partial charge in [-0.05, 0) is 42.7 Å². The van der Waals surface area contributed by atoms with Gasteiger partial charge < -0.3 is 14.5 Å². The molecule has 0 bridgehead atoms. The van der Waals surface area contributed by atoms with E-state index in [1.54, 1.807) is 0 Å². The summed E-state index contributed by atoms with van der Waals surface area (Å²) in [6, 6.07) is 26.7. The molecule has 0 aliphatic carbocycles. The van der Waals surface area contributed by atoms with E-state index in [0.29, 0.717) is 0 Å². The minimum absolute atomic E-state index is 0.0159. The van der Waals surface area contributed by atoms with Crippen LogP contribution in [0.25, 0.3) is 21.8 Å². The maximum atomic E-state index is 14.1. The summed E-state index contributed by atoms with van der Waals surface area (Å²) < 4.78 is 4.31. The molecule has 33 heavy (non-hydrogen) atoms. The quantitative estimate of drug-likeness (QED) is 0.362. The second-order valence-electron chi connectivity index (χ2n) is 8.86. The predicted molar refractivity (Wildman–Crippen MR) is 135 cm³/mol. The first-order valence-corrected chi connectivity index (χ1v) is 11.4. The first-order chi connectivity index (χ1) is 16.0. The van der Waals surface area contributed by atoms with E-state index in [1.807, 2.05) is 44.3 Å². The molecule has 0 aliphatic heterocycles. The van der Waals surface area contributed by atoms with Crippen LogP contribution >= 0.6 is 0 Å². The Morgan fingerprint density at radius 1 is 0.818 bits per heavy atom. The van der Waals surface area contributed by atoms with Crippen LogP contribution in [0.4, 0.5) is 0 Å². The fraction of sp³-hybridized carbons (Fsp3) is 0.207. The number of aryl methyl sites for hydroxylation is 2. The van der Waals surface area contributed by atoms with Crippen molar-refractivity contribution >= 4 is 27.7 Å². The average Bonchev–Trinajstić information content (AvgIpc) is 3.30. The van der Waals surface area contributed by atoms with E-state index < -0.39 is 5.92 Å². The molecular formula is C29H29N3O. The monoisotopic (exact) mass is 435 g/mol. The molecule has 0 radical (unpaired) electrons. The number of aromatic nitrogens is 2. The van der Waals surface area contributed by atoms with Crippen molar-refractivity contribution in [2.45, 2.75) is 25.8 Å². The van der Waals surface area contributed by atoms with Gasteiger partial charge in [-0.2, -0.15) is 0 Å². The molecule has 4 nitrogen and oxygen atoms in total. The summed E-state index contributed by atoms with van der Waals surface area (Å²) in [6.45, 7) is 4.16. The van der Waals surface area contributed by atoms with Crippen molar-refractivity contribution in [2.75, 3.05) is 0 Å². The molecule has 0 fully saturated rings. The second kappa shape index (κ2) is 8.28. The zero-order valence-electron chi connectivity index (χ0n) is 19.5. The lowest BCUT2D eigenvalue weighted by Crippen LogP contribution is -2.32. The summed E-state index contributed by atoms with van der Waals surface area (Å²) in [5.74, 6) is -0.407. The maximum absolute atomic E-state index is 14.1. The lowest BCUT2D eigenvalue weighted by molar-refractivity contribution is -0.122. The molecule has 1 unspecified atom stereocenters. The molecule has 4 heteroatoms. The Balaban J connectivity index is 1.70. The van der Waals surface area contributed by atoms with Crippen LogP contribution in [0.1, 0.15) is 41.3 Å². The highest BCUT2D eigenvalue weighted by Gasteiger charge is 2.31. The summed E-state index contributed by atoms with van der Waals surface area (Å²) >= 11 is 0. The van der Waals surface area contributed by atoms with Crippen molar-refractivity contribution in [3.8, 4) is 0 Å². The smallest absolute Gasteiger partial charge is 0.232 e. The molecule has 166 valence electrons. The Morgan fingerprint density at radius 3 is 2.15 bits per heavy atom. The Kier molecular flexibility index (Phi) is 5.29. The van der Waals surface area contributed by atoms with Crippen molar-refractivity contribution in [3.63, 3.8) is 0 Å². The molecule has 5 aromatic rings. The van der Waals surface area contributed by atoms with Crippen LogP contribution in [0.2, 0.25) is 0 Å². The van der Waals surface area contributed by atoms with E-state index in [-0.39, 0.29) is 11.9 Å². The third-order valence-corrected chi connectivity index (χ3v) is 6.90. The molecular weight excluding hydrogens is 406 g/mol. The maximum Gasteiger partial charge on any atom is 0.232 e. The lowest BCUT2D eigenvalue weighted by Gasteiger charge is -2.22. The fourth-order valence-electron chi connectivity index (χ4n) is 5.07. The number of carbonyl (C=O) groups is 1. The van der Waals surface area contributed by atoms with Gasteiger partial charge in [-0.25, -0.2) is 0 Å². The lowest BCUT2D eigenvalue weighted by atomic mass is 9.87. The third-order valence-electron chi connectivity index (χ3n) is 6.90. The van der Waals surface area contributed by atoms with E-state index in [4.69, 9.17) is 0 Å². The molecule has 5 rings (SSSR count). The second-order valence-corrected chi connectivity index (χ2v) is 8.86. The molecule has 3 aromatic carbocycles. The SMILES string of the molecule is Cc1c(C(C(=O)N[C@@H](C)c2ccccc2)c2cn(C)c3ccccc23)c2ccccc2n1C. The number of hydrogen-bond acceptors (Lipinski definition) is 1. The fourth-order valence-corrected chi connectivity index (χ4v) is 5.07. The number of nitrogens with zero attached hydrogens (tertiary/aromatic N) is 2. The normalized spacial score (nSPS) is 13.3. The Hall–Kier alpha value is -3.79. The zero-order valence-corrected chi connectivity index (χ0v) is 19.5. The van der Waals surface area contributed by atoms with Crippen molar-refractivity contribution in [2.24, 2.45) is 14.1 Å². The van der Waals surface area contributed by atoms with Gasteiger partial charge in [0, 0.05) is 47.8 Å². The van der Waals surface area contributed by atoms with Gasteiger partial charge in [0.25, 0.3) is 0 Å². The van der Waals surface area contributed by atoms with Crippen molar-refractivity contribution < 1.29 is 4.79 Å². The Labute approximate surface area is 194 Å². The van der Waals surface area contributed by atoms with Gasteiger partial charge in [0.1, 0.15) is 0 Å². The number of para-hydroxylation sites is 2. The van der Waals surface area contributed by atoms with Crippen LogP contribution in [0.15, 0.2) is 85.1 Å². The largest absolute Gasteiger partial charge is 0.350 e. The Bertz CT molecular complexity index is 1460. The molecule has 2 heterocycles. The highest BCUT2D eigenvalue weighted by molar-refractivity contribution is 5.99. The molecule has 2 aromatic heterocycles. The number of nitrogens with one attached hydrogen (secondary N) is 1. The van der Waals surface area contributed by atoms with Crippen LogP contribution in [0.5, 0.6) is 0 Å². The van der Waals surface area contributed by atoms with E-state index in [9.17, 15) is 4.79 Å². The van der Waals surface area contributed by atoms with E-state index in [2.05, 4.69) is 83.2 Å². The molecule has 1 amide bonds. The van der Waals surface area contributed by atoms with Crippen molar-refractivity contribution in [3.05, 3.63) is 107 Å². The van der Waals surface area contributed by atoms with Crippen LogP contribution in [0, 0.1) is 6.92 Å². The first kappa shape index (κ1) is 21.1. The number of amides is 1. The zero-order chi connectivity index (χ0) is 23.1. The van der Waals surface area contributed by atoms with E-state index >= 15 is 0 Å².